The van der Waals surface area contributed by atoms with Gasteiger partial charge in [-0.15, -0.1) is 0 Å². The Morgan fingerprint density at radius 3 is 1.61 bits per heavy atom. The van der Waals surface area contributed by atoms with E-state index >= 15 is 0 Å². The van der Waals surface area contributed by atoms with Crippen LogP contribution in [0.25, 0.3) is 0 Å². The van der Waals surface area contributed by atoms with Crippen molar-refractivity contribution in [2.24, 2.45) is 0 Å². The summed E-state index contributed by atoms with van der Waals surface area (Å²) in [6.45, 7) is 9.06. The van der Waals surface area contributed by atoms with Gasteiger partial charge in [0.2, 0.25) is 0 Å². The first-order chi connectivity index (χ1) is 15.3. The normalized spacial score (nSPS) is 9.82. The summed E-state index contributed by atoms with van der Waals surface area (Å²) in [6, 6.07) is 10.1. The number of ether oxygens (including phenoxy) is 2. The molecule has 2 aromatic rings. The molecule has 0 heterocycles. The van der Waals surface area contributed by atoms with Gasteiger partial charge < -0.3 is 24.5 Å². The first-order valence-electron chi connectivity index (χ1n) is 11.2. The molecule has 0 aliphatic rings. The van der Waals surface area contributed by atoms with E-state index < -0.39 is 11.9 Å². The van der Waals surface area contributed by atoms with Crippen LogP contribution < -0.4 is 44.1 Å². The summed E-state index contributed by atoms with van der Waals surface area (Å²) in [7, 11) is 0. The van der Waals surface area contributed by atoms with Crippen molar-refractivity contribution < 1.29 is 58.8 Å². The van der Waals surface area contributed by atoms with Crippen LogP contribution in [0.5, 0.6) is 11.5 Å². The second-order valence-corrected chi connectivity index (χ2v) is 7.56. The summed E-state index contributed by atoms with van der Waals surface area (Å²) >= 11 is 0. The van der Waals surface area contributed by atoms with Crippen LogP contribution >= 0.6 is 0 Å². The summed E-state index contributed by atoms with van der Waals surface area (Å²) in [6.07, 6.45) is 6.55. The number of carboxylic acid groups (broad SMARTS) is 2. The van der Waals surface area contributed by atoms with E-state index in [2.05, 4.69) is 13.8 Å². The topological polar surface area (TPSA) is 95.9 Å². The first kappa shape index (κ1) is 31.0. The summed E-state index contributed by atoms with van der Waals surface area (Å²) < 4.78 is 11.1. The van der Waals surface area contributed by atoms with E-state index in [-0.39, 0.29) is 35.1 Å². The Hall–Kier alpha value is -2.02. The Labute approximate surface area is 219 Å². The minimum absolute atomic E-state index is 0. The van der Waals surface area contributed by atoms with Gasteiger partial charge in [0, 0.05) is 16.7 Å². The van der Waals surface area contributed by atoms with E-state index in [4.69, 9.17) is 14.6 Å². The van der Waals surface area contributed by atoms with Gasteiger partial charge in [0.25, 0.3) is 0 Å². The minimum atomic E-state index is -1.16. The van der Waals surface area contributed by atoms with Crippen molar-refractivity contribution >= 4 is 11.9 Å². The number of hydrogen-bond donors (Lipinski definition) is 1. The number of aromatic carboxylic acids is 2. The number of hydrogen-bond acceptors (Lipinski definition) is 5. The van der Waals surface area contributed by atoms with Gasteiger partial charge >= 0.3 is 35.5 Å². The van der Waals surface area contributed by atoms with E-state index in [1.807, 2.05) is 6.07 Å². The van der Waals surface area contributed by atoms with Crippen LogP contribution in [0.1, 0.15) is 84.2 Å². The second-order valence-electron chi connectivity index (χ2n) is 7.56. The van der Waals surface area contributed by atoms with Crippen molar-refractivity contribution in [2.45, 2.75) is 66.2 Å². The maximum atomic E-state index is 10.9. The van der Waals surface area contributed by atoms with E-state index in [9.17, 15) is 14.7 Å². The van der Waals surface area contributed by atoms with Crippen LogP contribution in [0.15, 0.2) is 36.4 Å². The third-order valence-corrected chi connectivity index (χ3v) is 5.03. The molecule has 176 valence electrons. The molecule has 2 aromatic carbocycles. The molecule has 0 aliphatic heterocycles. The minimum Gasteiger partial charge on any atom is -0.545 e. The maximum Gasteiger partial charge on any atom is 1.00 e. The largest absolute Gasteiger partial charge is 1.00 e. The number of rotatable bonds is 12. The van der Waals surface area contributed by atoms with Crippen LogP contribution in [0.2, 0.25) is 0 Å². The summed E-state index contributed by atoms with van der Waals surface area (Å²) in [5.74, 6) is -0.748. The Balaban J connectivity index is 0.000000602. The molecular formula is C26H35NaO6. The van der Waals surface area contributed by atoms with Gasteiger partial charge in [0.1, 0.15) is 11.5 Å². The van der Waals surface area contributed by atoms with Gasteiger partial charge in [0.15, 0.2) is 0 Å². The molecule has 1 N–H and O–H groups in total. The summed E-state index contributed by atoms with van der Waals surface area (Å²) in [4.78, 5) is 21.7. The maximum absolute atomic E-state index is 10.9. The molecule has 33 heavy (non-hydrogen) atoms. The van der Waals surface area contributed by atoms with Gasteiger partial charge in [0.05, 0.1) is 24.7 Å². The Morgan fingerprint density at radius 2 is 1.21 bits per heavy atom. The predicted molar refractivity (Wildman–Crippen MR) is 124 cm³/mol. The fourth-order valence-corrected chi connectivity index (χ4v) is 3.06. The van der Waals surface area contributed by atoms with Crippen LogP contribution in [0, 0.1) is 13.8 Å². The SMILES string of the molecule is CCCCCOc1cccc(C(=O)O)c1C.CCCCCOc1cccc(C(=O)[O-])c1C.[Na+]. The molecule has 0 radical (unpaired) electrons. The van der Waals surface area contributed by atoms with Gasteiger partial charge in [-0.2, -0.15) is 0 Å². The molecule has 2 rings (SSSR count). The molecule has 0 atom stereocenters. The van der Waals surface area contributed by atoms with E-state index in [0.717, 1.165) is 38.5 Å². The summed E-state index contributed by atoms with van der Waals surface area (Å²) in [5.41, 5.74) is 1.85. The van der Waals surface area contributed by atoms with E-state index in [1.165, 1.54) is 6.07 Å². The van der Waals surface area contributed by atoms with Gasteiger partial charge in [-0.3, -0.25) is 0 Å². The molecule has 0 saturated carbocycles. The summed E-state index contributed by atoms with van der Waals surface area (Å²) in [5, 5.41) is 19.7. The smallest absolute Gasteiger partial charge is 0.545 e. The zero-order chi connectivity index (χ0) is 23.9. The molecule has 0 bridgehead atoms. The quantitative estimate of drug-likeness (QED) is 0.381. The van der Waals surface area contributed by atoms with Crippen LogP contribution in [-0.2, 0) is 0 Å². The van der Waals surface area contributed by atoms with E-state index in [1.54, 1.807) is 38.1 Å². The molecule has 0 aromatic heterocycles. The fraction of sp³-hybridized carbons (Fsp3) is 0.462. The number of unbranched alkanes of at least 4 members (excludes halogenated alkanes) is 4. The zero-order valence-corrected chi connectivity index (χ0v) is 22.6. The Morgan fingerprint density at radius 1 is 0.788 bits per heavy atom. The zero-order valence-electron chi connectivity index (χ0n) is 20.6. The Bertz CT molecular complexity index is 794. The first-order valence-corrected chi connectivity index (χ1v) is 11.2. The monoisotopic (exact) mass is 466 g/mol. The van der Waals surface area contributed by atoms with Crippen molar-refractivity contribution in [3.63, 3.8) is 0 Å². The molecule has 0 spiro atoms. The number of carboxylic acids is 2. The van der Waals surface area contributed by atoms with Crippen molar-refractivity contribution in [1.82, 2.24) is 0 Å². The molecule has 0 aliphatic carbocycles. The van der Waals surface area contributed by atoms with Gasteiger partial charge in [-0.1, -0.05) is 57.7 Å². The molecular weight excluding hydrogens is 431 g/mol. The van der Waals surface area contributed by atoms with Crippen molar-refractivity contribution in [3.8, 4) is 11.5 Å². The van der Waals surface area contributed by atoms with E-state index in [0.29, 0.717) is 41.4 Å². The molecule has 0 unspecified atom stereocenters. The van der Waals surface area contributed by atoms with Crippen molar-refractivity contribution in [1.29, 1.82) is 0 Å². The number of carbonyl (C=O) groups is 2. The molecule has 0 saturated heterocycles. The standard InChI is InChI=1S/2C13H18O3.Na/c2*1-3-4-5-9-16-12-8-6-7-11(10(12)2)13(14)15;/h2*6-8H,3-5,9H2,1-2H3,(H,14,15);/q;;+1/p-1. The second kappa shape index (κ2) is 17.5. The molecule has 6 nitrogen and oxygen atoms in total. The molecule has 0 amide bonds. The number of carbonyl (C=O) groups excluding carboxylic acids is 1. The number of benzene rings is 2. The average Bonchev–Trinajstić information content (AvgIpc) is 2.76. The third-order valence-electron chi connectivity index (χ3n) is 5.03. The van der Waals surface area contributed by atoms with Crippen LogP contribution in [0.4, 0.5) is 0 Å². The van der Waals surface area contributed by atoms with Gasteiger partial charge in [-0.25, -0.2) is 4.79 Å². The third kappa shape index (κ3) is 11.1. The van der Waals surface area contributed by atoms with Crippen molar-refractivity contribution in [3.05, 3.63) is 58.7 Å². The van der Waals surface area contributed by atoms with Gasteiger partial charge in [-0.05, 0) is 44.9 Å². The Kier molecular flexibility index (Phi) is 16.4. The average molecular weight is 467 g/mol. The van der Waals surface area contributed by atoms with Crippen molar-refractivity contribution in [2.75, 3.05) is 13.2 Å². The predicted octanol–water partition coefficient (Wildman–Crippen LogP) is 2.19. The molecule has 0 fully saturated rings. The fourth-order valence-electron chi connectivity index (χ4n) is 3.06. The van der Waals surface area contributed by atoms with Crippen LogP contribution in [0.3, 0.4) is 0 Å². The molecule has 7 heteroatoms. The van der Waals surface area contributed by atoms with Crippen LogP contribution in [-0.4, -0.2) is 30.3 Å².